The molecule has 0 bridgehead atoms. The minimum Gasteiger partial charge on any atom is -0.394 e. The Balaban J connectivity index is 2.12. The molecular weight excluding hydrogens is 212 g/mol. The number of rotatable bonds is 2. The van der Waals surface area contributed by atoms with Crippen LogP contribution in [-0.2, 0) is 0 Å². The van der Waals surface area contributed by atoms with Gasteiger partial charge in [0.2, 0.25) is 0 Å². The Bertz CT molecular complexity index is 380. The van der Waals surface area contributed by atoms with Crippen LogP contribution in [-0.4, -0.2) is 30.3 Å². The number of hydrogen-bond acceptors (Lipinski definition) is 3. The molecule has 3 N–H and O–H groups in total. The molecule has 1 unspecified atom stereocenters. The monoisotopic (exact) mass is 234 g/mol. The van der Waals surface area contributed by atoms with Crippen LogP contribution in [0.3, 0.4) is 0 Å². The lowest BCUT2D eigenvalue weighted by molar-refractivity contribution is 0.183. The van der Waals surface area contributed by atoms with Gasteiger partial charge in [-0.05, 0) is 37.8 Å². The quantitative estimate of drug-likeness (QED) is 0.818. The Morgan fingerprint density at radius 3 is 2.76 bits per heavy atom. The van der Waals surface area contributed by atoms with E-state index in [1.807, 2.05) is 0 Å². The summed E-state index contributed by atoms with van der Waals surface area (Å²) in [5.41, 5.74) is 8.39. The molecule has 1 saturated heterocycles. The molecule has 1 heterocycles. The van der Waals surface area contributed by atoms with E-state index in [0.717, 1.165) is 32.4 Å². The van der Waals surface area contributed by atoms with Crippen LogP contribution in [0.25, 0.3) is 0 Å². The molecular formula is C14H22N2O. The molecule has 0 spiro atoms. The van der Waals surface area contributed by atoms with E-state index in [1.165, 1.54) is 11.3 Å². The number of nitrogens with two attached hydrogens (primary N) is 1. The second-order valence-corrected chi connectivity index (χ2v) is 5.15. The normalized spacial score (nSPS) is 25.7. The molecule has 0 radical (unpaired) electrons. The van der Waals surface area contributed by atoms with Crippen molar-refractivity contribution in [3.05, 3.63) is 29.8 Å². The van der Waals surface area contributed by atoms with Crippen LogP contribution in [0.15, 0.2) is 24.3 Å². The van der Waals surface area contributed by atoms with E-state index in [9.17, 15) is 5.11 Å². The molecule has 0 saturated carbocycles. The zero-order chi connectivity index (χ0) is 12.3. The minimum absolute atomic E-state index is 0.0919. The van der Waals surface area contributed by atoms with Gasteiger partial charge >= 0.3 is 0 Å². The maximum atomic E-state index is 9.34. The van der Waals surface area contributed by atoms with Gasteiger partial charge in [0, 0.05) is 24.3 Å². The second-order valence-electron chi connectivity index (χ2n) is 5.15. The molecule has 2 rings (SSSR count). The highest BCUT2D eigenvalue weighted by atomic mass is 16.3. The van der Waals surface area contributed by atoms with Gasteiger partial charge in [0.05, 0.1) is 6.61 Å². The van der Waals surface area contributed by atoms with Crippen molar-refractivity contribution in [2.24, 2.45) is 5.73 Å². The van der Waals surface area contributed by atoms with Gasteiger partial charge in [0.15, 0.2) is 0 Å². The molecule has 1 aliphatic rings. The van der Waals surface area contributed by atoms with Crippen LogP contribution < -0.4 is 10.6 Å². The molecule has 1 aromatic carbocycles. The number of aliphatic hydroxyl groups excluding tert-OH is 1. The zero-order valence-corrected chi connectivity index (χ0v) is 10.5. The number of aryl methyl sites for hydroxylation is 1. The highest BCUT2D eigenvalue weighted by Crippen LogP contribution is 2.25. The van der Waals surface area contributed by atoms with Crippen LogP contribution in [0, 0.1) is 6.92 Å². The summed E-state index contributed by atoms with van der Waals surface area (Å²) in [5.74, 6) is 0. The lowest BCUT2D eigenvalue weighted by Crippen LogP contribution is -2.44. The van der Waals surface area contributed by atoms with Crippen molar-refractivity contribution in [1.82, 2.24) is 0 Å². The van der Waals surface area contributed by atoms with Crippen LogP contribution >= 0.6 is 0 Å². The lowest BCUT2D eigenvalue weighted by atomic mass is 9.93. The predicted molar refractivity (Wildman–Crippen MR) is 71.2 cm³/mol. The number of nitrogens with zero attached hydrogens (tertiary/aromatic N) is 1. The largest absolute Gasteiger partial charge is 0.394 e. The number of anilines is 1. The van der Waals surface area contributed by atoms with Crippen molar-refractivity contribution in [3.63, 3.8) is 0 Å². The summed E-state index contributed by atoms with van der Waals surface area (Å²) in [6.45, 7) is 4.20. The Morgan fingerprint density at radius 1 is 1.29 bits per heavy atom. The maximum Gasteiger partial charge on any atom is 0.0611 e. The summed E-state index contributed by atoms with van der Waals surface area (Å²) in [4.78, 5) is 2.39. The van der Waals surface area contributed by atoms with Gasteiger partial charge in [0.1, 0.15) is 0 Å². The Kier molecular flexibility index (Phi) is 3.69. The summed E-state index contributed by atoms with van der Waals surface area (Å²) >= 11 is 0. The fourth-order valence-electron chi connectivity index (χ4n) is 2.53. The van der Waals surface area contributed by atoms with Crippen molar-refractivity contribution in [2.75, 3.05) is 24.6 Å². The van der Waals surface area contributed by atoms with Crippen molar-refractivity contribution in [3.8, 4) is 0 Å². The fourth-order valence-corrected chi connectivity index (χ4v) is 2.53. The fraction of sp³-hybridized carbons (Fsp3) is 0.571. The molecule has 0 aromatic heterocycles. The van der Waals surface area contributed by atoms with E-state index in [2.05, 4.69) is 36.1 Å². The first-order chi connectivity index (χ1) is 8.14. The van der Waals surface area contributed by atoms with Crippen molar-refractivity contribution in [2.45, 2.75) is 31.7 Å². The molecule has 0 aliphatic carbocycles. The van der Waals surface area contributed by atoms with Crippen LogP contribution in [0.2, 0.25) is 0 Å². The van der Waals surface area contributed by atoms with Crippen LogP contribution in [0.5, 0.6) is 0 Å². The Labute approximate surface area is 103 Å². The number of para-hydroxylation sites is 1. The summed E-state index contributed by atoms with van der Waals surface area (Å²) in [5, 5.41) is 9.34. The van der Waals surface area contributed by atoms with Gasteiger partial charge in [-0.1, -0.05) is 18.2 Å². The van der Waals surface area contributed by atoms with Gasteiger partial charge in [-0.25, -0.2) is 0 Å². The first kappa shape index (κ1) is 12.4. The van der Waals surface area contributed by atoms with Gasteiger partial charge in [-0.15, -0.1) is 0 Å². The average Bonchev–Trinajstić information content (AvgIpc) is 2.53. The standard InChI is InChI=1S/C14H22N2O/c1-12-5-2-3-6-13(12)16-9-4-7-14(15,11-17)8-10-16/h2-3,5-6,17H,4,7-11,15H2,1H3. The zero-order valence-electron chi connectivity index (χ0n) is 10.5. The number of benzene rings is 1. The van der Waals surface area contributed by atoms with Crippen LogP contribution in [0.4, 0.5) is 5.69 Å². The SMILES string of the molecule is Cc1ccccc1N1CCCC(N)(CO)CC1. The highest BCUT2D eigenvalue weighted by molar-refractivity contribution is 5.53. The summed E-state index contributed by atoms with van der Waals surface area (Å²) in [6, 6.07) is 8.45. The van der Waals surface area contributed by atoms with E-state index in [0.29, 0.717) is 0 Å². The van der Waals surface area contributed by atoms with E-state index in [1.54, 1.807) is 0 Å². The van der Waals surface area contributed by atoms with Crippen LogP contribution in [0.1, 0.15) is 24.8 Å². The van der Waals surface area contributed by atoms with Gasteiger partial charge < -0.3 is 15.7 Å². The summed E-state index contributed by atoms with van der Waals surface area (Å²) in [7, 11) is 0. The second kappa shape index (κ2) is 5.07. The molecule has 1 atom stereocenters. The minimum atomic E-state index is -0.378. The Hall–Kier alpha value is -1.06. The van der Waals surface area contributed by atoms with Gasteiger partial charge in [0.25, 0.3) is 0 Å². The predicted octanol–water partition coefficient (Wildman–Crippen LogP) is 1.68. The third-order valence-corrected chi connectivity index (χ3v) is 3.75. The summed E-state index contributed by atoms with van der Waals surface area (Å²) < 4.78 is 0. The first-order valence-electron chi connectivity index (χ1n) is 6.35. The van der Waals surface area contributed by atoms with E-state index in [-0.39, 0.29) is 12.1 Å². The van der Waals surface area contributed by atoms with Crippen molar-refractivity contribution >= 4 is 5.69 Å². The van der Waals surface area contributed by atoms with Crippen molar-refractivity contribution in [1.29, 1.82) is 0 Å². The third kappa shape index (κ3) is 2.79. The first-order valence-corrected chi connectivity index (χ1v) is 6.35. The Morgan fingerprint density at radius 2 is 2.06 bits per heavy atom. The molecule has 1 aromatic rings. The summed E-state index contributed by atoms with van der Waals surface area (Å²) in [6.07, 6.45) is 2.81. The smallest absolute Gasteiger partial charge is 0.0611 e. The molecule has 0 amide bonds. The molecule has 1 fully saturated rings. The molecule has 94 valence electrons. The number of aliphatic hydroxyl groups is 1. The number of hydrogen-bond donors (Lipinski definition) is 2. The molecule has 3 nitrogen and oxygen atoms in total. The van der Waals surface area contributed by atoms with Gasteiger partial charge in [-0.3, -0.25) is 0 Å². The molecule has 1 aliphatic heterocycles. The topological polar surface area (TPSA) is 49.5 Å². The molecule has 3 heteroatoms. The van der Waals surface area contributed by atoms with E-state index < -0.39 is 0 Å². The third-order valence-electron chi connectivity index (χ3n) is 3.75. The van der Waals surface area contributed by atoms with Gasteiger partial charge in [-0.2, -0.15) is 0 Å². The van der Waals surface area contributed by atoms with E-state index >= 15 is 0 Å². The average molecular weight is 234 g/mol. The maximum absolute atomic E-state index is 9.34. The molecule has 17 heavy (non-hydrogen) atoms. The lowest BCUT2D eigenvalue weighted by Gasteiger charge is -2.27. The highest BCUT2D eigenvalue weighted by Gasteiger charge is 2.27. The van der Waals surface area contributed by atoms with E-state index in [4.69, 9.17) is 5.73 Å². The van der Waals surface area contributed by atoms with Crippen molar-refractivity contribution < 1.29 is 5.11 Å².